The lowest BCUT2D eigenvalue weighted by atomic mass is 9.84. The summed E-state index contributed by atoms with van der Waals surface area (Å²) in [4.78, 5) is 2.58. The maximum atomic E-state index is 2.58. The number of nitrogens with two attached hydrogens (primary N) is 1. The largest absolute Gasteiger partial charge is 0.333 e. The molecule has 3 aliphatic rings. The van der Waals surface area contributed by atoms with E-state index in [1.54, 1.807) is 0 Å². The monoisotopic (exact) mass is 481 g/mol. The van der Waals surface area contributed by atoms with Gasteiger partial charge in [-0.2, -0.15) is 0 Å². The molecule has 37 heavy (non-hydrogen) atoms. The lowest BCUT2D eigenvalue weighted by Gasteiger charge is -2.33. The van der Waals surface area contributed by atoms with Crippen LogP contribution in [0.5, 0.6) is 0 Å². The third kappa shape index (κ3) is 3.51. The number of benzene rings is 4. The summed E-state index contributed by atoms with van der Waals surface area (Å²) in [7, 11) is 0. The molecule has 2 atom stereocenters. The van der Waals surface area contributed by atoms with Crippen LogP contribution in [0.15, 0.2) is 103 Å². The standard InChI is InChI=1S/C35H32N2/c1-4-23-10-17-34-30(19-23)31-20-24(5-2)18-22(3)35(31)37(34)27-14-11-25(12-15-27)26-13-16-33-29(21-26)28-8-6-7-9-32(28)36-33/h6-22,35-36H,4-5H2,1-3H3/p+1. The maximum Gasteiger partial charge on any atom is 0.142 e. The first-order valence-electron chi connectivity index (χ1n) is 13.7. The summed E-state index contributed by atoms with van der Waals surface area (Å²) >= 11 is 0. The van der Waals surface area contributed by atoms with Gasteiger partial charge in [0.25, 0.3) is 0 Å². The molecule has 0 fully saturated rings. The van der Waals surface area contributed by atoms with E-state index in [1.165, 1.54) is 67.3 Å². The van der Waals surface area contributed by atoms with Crippen molar-refractivity contribution in [1.82, 2.24) is 0 Å². The van der Waals surface area contributed by atoms with Gasteiger partial charge >= 0.3 is 0 Å². The average molecular weight is 482 g/mol. The highest BCUT2D eigenvalue weighted by Gasteiger charge is 2.39. The van der Waals surface area contributed by atoms with Crippen LogP contribution in [0.25, 0.3) is 27.8 Å². The van der Waals surface area contributed by atoms with E-state index in [0.29, 0.717) is 12.0 Å². The molecule has 2 nitrogen and oxygen atoms in total. The molecule has 0 amide bonds. The van der Waals surface area contributed by atoms with Crippen LogP contribution in [0.2, 0.25) is 0 Å². The number of aryl methyl sites for hydroxylation is 1. The van der Waals surface area contributed by atoms with Crippen LogP contribution in [0.4, 0.5) is 22.7 Å². The second-order valence-electron chi connectivity index (χ2n) is 10.7. The number of allylic oxidation sites excluding steroid dienone is 2. The van der Waals surface area contributed by atoms with E-state index in [-0.39, 0.29) is 0 Å². The third-order valence-electron chi connectivity index (χ3n) is 8.45. The average Bonchev–Trinajstić information content (AvgIpc) is 3.48. The fourth-order valence-corrected chi connectivity index (χ4v) is 6.52. The van der Waals surface area contributed by atoms with Gasteiger partial charge in [-0.3, -0.25) is 5.32 Å². The molecule has 2 heteroatoms. The first-order valence-corrected chi connectivity index (χ1v) is 13.7. The van der Waals surface area contributed by atoms with Crippen LogP contribution in [0, 0.1) is 5.92 Å². The molecule has 4 aromatic rings. The van der Waals surface area contributed by atoms with Crippen molar-refractivity contribution in [3.05, 3.63) is 114 Å². The summed E-state index contributed by atoms with van der Waals surface area (Å²) in [5.41, 5.74) is 16.2. The van der Waals surface area contributed by atoms with Crippen molar-refractivity contribution in [3.8, 4) is 22.3 Å². The predicted molar refractivity (Wildman–Crippen MR) is 156 cm³/mol. The zero-order valence-corrected chi connectivity index (χ0v) is 21.8. The topological polar surface area (TPSA) is 19.9 Å². The minimum atomic E-state index is 0.343. The molecule has 0 bridgehead atoms. The van der Waals surface area contributed by atoms with Gasteiger partial charge in [0.15, 0.2) is 0 Å². The van der Waals surface area contributed by atoms with E-state index in [0.717, 1.165) is 12.8 Å². The Morgan fingerprint density at radius 2 is 1.51 bits per heavy atom. The van der Waals surface area contributed by atoms with Crippen LogP contribution in [-0.2, 0) is 6.42 Å². The number of hydrogen-bond acceptors (Lipinski definition) is 1. The van der Waals surface area contributed by atoms with Crippen LogP contribution in [0.3, 0.4) is 0 Å². The minimum Gasteiger partial charge on any atom is -0.333 e. The normalized spacial score (nSPS) is 19.1. The molecule has 4 aromatic carbocycles. The zero-order chi connectivity index (χ0) is 25.1. The highest BCUT2D eigenvalue weighted by atomic mass is 15.2. The van der Waals surface area contributed by atoms with Gasteiger partial charge in [0.05, 0.1) is 6.04 Å². The summed E-state index contributed by atoms with van der Waals surface area (Å²) < 4.78 is 0. The van der Waals surface area contributed by atoms with Crippen molar-refractivity contribution in [2.75, 3.05) is 4.90 Å². The first kappa shape index (κ1) is 22.3. The van der Waals surface area contributed by atoms with Crippen molar-refractivity contribution in [1.29, 1.82) is 0 Å². The van der Waals surface area contributed by atoms with Crippen LogP contribution in [0.1, 0.15) is 38.3 Å². The number of nitrogens with zero attached hydrogens (tertiary/aromatic N) is 1. The Morgan fingerprint density at radius 1 is 0.730 bits per heavy atom. The lowest BCUT2D eigenvalue weighted by Crippen LogP contribution is -2.69. The molecule has 0 radical (unpaired) electrons. The number of anilines is 2. The first-order chi connectivity index (χ1) is 18.1. The third-order valence-corrected chi connectivity index (χ3v) is 8.45. The number of rotatable bonds is 4. The lowest BCUT2D eigenvalue weighted by molar-refractivity contribution is -0.473. The molecule has 182 valence electrons. The molecular formula is C35H33N2+. The molecule has 2 heterocycles. The van der Waals surface area contributed by atoms with Gasteiger partial charge in [-0.05, 0) is 83.5 Å². The Balaban J connectivity index is 1.27. The van der Waals surface area contributed by atoms with Crippen molar-refractivity contribution in [2.24, 2.45) is 5.92 Å². The summed E-state index contributed by atoms with van der Waals surface area (Å²) in [5, 5.41) is 2.29. The van der Waals surface area contributed by atoms with E-state index in [2.05, 4.69) is 128 Å². The van der Waals surface area contributed by atoms with Gasteiger partial charge in [0.1, 0.15) is 11.4 Å². The Labute approximate surface area is 220 Å². The van der Waals surface area contributed by atoms with Crippen molar-refractivity contribution >= 4 is 28.3 Å². The molecule has 0 aromatic heterocycles. The fourth-order valence-electron chi connectivity index (χ4n) is 6.52. The van der Waals surface area contributed by atoms with Gasteiger partial charge in [0, 0.05) is 40.2 Å². The molecule has 2 N–H and O–H groups in total. The Bertz CT molecular complexity index is 1590. The highest BCUT2D eigenvalue weighted by Crippen LogP contribution is 2.50. The smallest absolute Gasteiger partial charge is 0.142 e. The molecule has 2 unspecified atom stereocenters. The van der Waals surface area contributed by atoms with Crippen molar-refractivity contribution in [3.63, 3.8) is 0 Å². The van der Waals surface area contributed by atoms with Crippen molar-refractivity contribution in [2.45, 2.75) is 39.7 Å². The molecule has 0 saturated heterocycles. The van der Waals surface area contributed by atoms with Gasteiger partial charge < -0.3 is 4.90 Å². The number of quaternary nitrogens is 1. The summed E-state index contributed by atoms with van der Waals surface area (Å²) in [6.07, 6.45) is 7.08. The quantitative estimate of drug-likeness (QED) is 0.256. The second-order valence-corrected chi connectivity index (χ2v) is 10.7. The molecule has 1 aliphatic carbocycles. The SMILES string of the molecule is CCC1=CC(C)C2C(=C1)c1cc(CC)ccc1N2c1ccc(-c2ccc3c(c2)-c2ccccc2[NH2+]3)cc1. The van der Waals surface area contributed by atoms with E-state index in [4.69, 9.17) is 0 Å². The van der Waals surface area contributed by atoms with Gasteiger partial charge in [0.2, 0.25) is 0 Å². The van der Waals surface area contributed by atoms with Crippen LogP contribution >= 0.6 is 0 Å². The van der Waals surface area contributed by atoms with Gasteiger partial charge in [-0.15, -0.1) is 0 Å². The number of para-hydroxylation sites is 1. The summed E-state index contributed by atoms with van der Waals surface area (Å²) in [5.74, 6) is 0.458. The molecular weight excluding hydrogens is 448 g/mol. The van der Waals surface area contributed by atoms with E-state index >= 15 is 0 Å². The Hall–Kier alpha value is -3.88. The Kier molecular flexibility index (Phi) is 5.19. The second kappa shape index (κ2) is 8.61. The van der Waals surface area contributed by atoms with E-state index in [1.807, 2.05) is 0 Å². The molecule has 2 aliphatic heterocycles. The maximum absolute atomic E-state index is 2.58. The zero-order valence-electron chi connectivity index (χ0n) is 21.8. The summed E-state index contributed by atoms with van der Waals surface area (Å²) in [6.45, 7) is 6.89. The van der Waals surface area contributed by atoms with E-state index < -0.39 is 0 Å². The number of fused-ring (bicyclic) bond motifs is 6. The fraction of sp³-hybridized carbons (Fsp3) is 0.200. The number of hydrogen-bond donors (Lipinski definition) is 1. The van der Waals surface area contributed by atoms with E-state index in [9.17, 15) is 0 Å². The Morgan fingerprint density at radius 3 is 2.32 bits per heavy atom. The van der Waals surface area contributed by atoms with Crippen LogP contribution < -0.4 is 10.2 Å². The predicted octanol–water partition coefficient (Wildman–Crippen LogP) is 8.31. The van der Waals surface area contributed by atoms with Crippen LogP contribution in [-0.4, -0.2) is 6.04 Å². The van der Waals surface area contributed by atoms with Crippen molar-refractivity contribution < 1.29 is 5.32 Å². The summed E-state index contributed by atoms with van der Waals surface area (Å²) in [6, 6.07) is 32.2. The van der Waals surface area contributed by atoms with Gasteiger partial charge in [-0.25, -0.2) is 0 Å². The molecule has 0 saturated carbocycles. The van der Waals surface area contributed by atoms with Gasteiger partial charge in [-0.1, -0.05) is 68.8 Å². The molecule has 0 spiro atoms. The molecule has 7 rings (SSSR count). The highest BCUT2D eigenvalue weighted by molar-refractivity contribution is 5.95. The minimum absolute atomic E-state index is 0.343.